The van der Waals surface area contributed by atoms with E-state index >= 15 is 0 Å². The van der Waals surface area contributed by atoms with E-state index in [0.29, 0.717) is 11.8 Å². The molecule has 0 saturated carbocycles. The molecule has 0 fully saturated rings. The smallest absolute Gasteiger partial charge is 0.145 e. The first-order valence-electron chi connectivity index (χ1n) is 17.9. The van der Waals surface area contributed by atoms with E-state index in [4.69, 9.17) is 14.4 Å². The summed E-state index contributed by atoms with van der Waals surface area (Å²) in [6.07, 6.45) is 3.90. The zero-order chi connectivity index (χ0) is 34.8. The van der Waals surface area contributed by atoms with Gasteiger partial charge in [-0.25, -0.2) is 9.97 Å². The second-order valence-corrected chi connectivity index (χ2v) is 14.4. The molecule has 5 aromatic carbocycles. The number of aryl methyl sites for hydroxylation is 2. The molecule has 8 aromatic rings. The number of fused-ring (bicyclic) bond motifs is 6. The molecule has 9 rings (SSSR count). The SMILES string of the molecule is CC(C)c1cc(C(C)C)cc(-n2cc(-c3ccc4c(n3)-c3c(O)cccc3CC4)nc2-c2ccc3oc4ccc(-c5ccccc5)cc4c3c2)c1. The Labute approximate surface area is 297 Å². The fraction of sp³-hybridized carbons (Fsp3) is 0.174. The van der Waals surface area contributed by atoms with E-state index in [1.54, 1.807) is 6.07 Å². The summed E-state index contributed by atoms with van der Waals surface area (Å²) in [7, 11) is 0. The number of benzene rings is 5. The summed E-state index contributed by atoms with van der Waals surface area (Å²) in [5.74, 6) is 1.85. The van der Waals surface area contributed by atoms with Crippen molar-refractivity contribution < 1.29 is 9.52 Å². The monoisotopic (exact) mass is 665 g/mol. The average Bonchev–Trinajstić information content (AvgIpc) is 3.76. The molecular formula is C46H39N3O2. The summed E-state index contributed by atoms with van der Waals surface area (Å²) in [5.41, 5.74) is 14.2. The van der Waals surface area contributed by atoms with Crippen LogP contribution in [0.4, 0.5) is 0 Å². The van der Waals surface area contributed by atoms with Gasteiger partial charge in [-0.3, -0.25) is 4.57 Å². The molecule has 0 unspecified atom stereocenters. The number of hydrogen-bond acceptors (Lipinski definition) is 4. The fourth-order valence-electron chi connectivity index (χ4n) is 7.48. The van der Waals surface area contributed by atoms with Gasteiger partial charge >= 0.3 is 0 Å². The third-order valence-electron chi connectivity index (χ3n) is 10.4. The van der Waals surface area contributed by atoms with Crippen LogP contribution in [0.2, 0.25) is 0 Å². The molecule has 0 bridgehead atoms. The fourth-order valence-corrected chi connectivity index (χ4v) is 7.48. The minimum absolute atomic E-state index is 0.270. The van der Waals surface area contributed by atoms with Gasteiger partial charge in [0.25, 0.3) is 0 Å². The standard InChI is InChI=1S/C46H39N3O2/c1-27(2)34-21-35(28(3)4)23-36(22-34)49-26-40(39-18-15-31-14-13-30-11-8-12-41(50)44(30)45(31)47-39)48-46(49)33-17-20-43-38(25-33)37-24-32(16-19-42(37)51-43)29-9-6-5-7-10-29/h5-12,15-28,50H,13-14H2,1-4H3. The number of phenols is 1. The van der Waals surface area contributed by atoms with Gasteiger partial charge in [0.15, 0.2) is 0 Å². The Morgan fingerprint density at radius 2 is 1.29 bits per heavy atom. The highest BCUT2D eigenvalue weighted by Crippen LogP contribution is 2.41. The number of rotatable bonds is 6. The van der Waals surface area contributed by atoms with Crippen LogP contribution in [-0.2, 0) is 12.8 Å². The van der Waals surface area contributed by atoms with Crippen LogP contribution in [0.15, 0.2) is 126 Å². The molecule has 5 nitrogen and oxygen atoms in total. The molecule has 0 amide bonds. The van der Waals surface area contributed by atoms with Crippen molar-refractivity contribution in [3.8, 4) is 56.6 Å². The van der Waals surface area contributed by atoms with Crippen LogP contribution in [0, 0.1) is 0 Å². The van der Waals surface area contributed by atoms with Gasteiger partial charge in [0.2, 0.25) is 0 Å². The van der Waals surface area contributed by atoms with Crippen molar-refractivity contribution >= 4 is 21.9 Å². The van der Waals surface area contributed by atoms with Crippen molar-refractivity contribution in [3.63, 3.8) is 0 Å². The predicted octanol–water partition coefficient (Wildman–Crippen LogP) is 11.9. The number of nitrogens with zero attached hydrogens (tertiary/aromatic N) is 3. The molecular weight excluding hydrogens is 627 g/mol. The highest BCUT2D eigenvalue weighted by molar-refractivity contribution is 6.07. The van der Waals surface area contributed by atoms with Gasteiger partial charge in [-0.2, -0.15) is 0 Å². The van der Waals surface area contributed by atoms with Crippen molar-refractivity contribution in [2.75, 3.05) is 0 Å². The first-order chi connectivity index (χ1) is 24.8. The number of furan rings is 1. The van der Waals surface area contributed by atoms with E-state index in [9.17, 15) is 5.11 Å². The summed E-state index contributed by atoms with van der Waals surface area (Å²) in [6.45, 7) is 8.98. The number of phenolic OH excluding ortho intramolecular Hbond substituents is 1. The molecule has 0 radical (unpaired) electrons. The van der Waals surface area contributed by atoms with Gasteiger partial charge in [-0.05, 0) is 113 Å². The summed E-state index contributed by atoms with van der Waals surface area (Å²) < 4.78 is 8.56. The highest BCUT2D eigenvalue weighted by atomic mass is 16.3. The van der Waals surface area contributed by atoms with Crippen LogP contribution in [-0.4, -0.2) is 19.6 Å². The van der Waals surface area contributed by atoms with E-state index in [1.807, 2.05) is 12.1 Å². The Morgan fingerprint density at radius 3 is 2.02 bits per heavy atom. The third-order valence-corrected chi connectivity index (χ3v) is 10.4. The topological polar surface area (TPSA) is 64.1 Å². The molecule has 1 N–H and O–H groups in total. The number of aromatic hydroxyl groups is 1. The minimum atomic E-state index is 0.270. The lowest BCUT2D eigenvalue weighted by Crippen LogP contribution is -2.06. The van der Waals surface area contributed by atoms with Crippen LogP contribution in [0.1, 0.15) is 61.8 Å². The average molecular weight is 666 g/mol. The number of aromatic nitrogens is 3. The predicted molar refractivity (Wildman–Crippen MR) is 208 cm³/mol. The van der Waals surface area contributed by atoms with E-state index < -0.39 is 0 Å². The Morgan fingerprint density at radius 1 is 0.608 bits per heavy atom. The van der Waals surface area contributed by atoms with Gasteiger partial charge in [0.1, 0.15) is 28.4 Å². The second-order valence-electron chi connectivity index (χ2n) is 14.4. The van der Waals surface area contributed by atoms with Crippen molar-refractivity contribution in [1.82, 2.24) is 14.5 Å². The minimum Gasteiger partial charge on any atom is -0.507 e. The molecule has 0 aliphatic heterocycles. The second kappa shape index (κ2) is 12.1. The molecule has 1 aliphatic carbocycles. The Bertz CT molecular complexity index is 2580. The van der Waals surface area contributed by atoms with E-state index in [-0.39, 0.29) is 5.75 Å². The maximum absolute atomic E-state index is 10.9. The zero-order valence-corrected chi connectivity index (χ0v) is 29.3. The Kier molecular flexibility index (Phi) is 7.39. The van der Waals surface area contributed by atoms with Crippen LogP contribution < -0.4 is 0 Å². The first-order valence-corrected chi connectivity index (χ1v) is 17.9. The lowest BCUT2D eigenvalue weighted by molar-refractivity contribution is 0.476. The van der Waals surface area contributed by atoms with Crippen molar-refractivity contribution in [2.24, 2.45) is 0 Å². The quantitative estimate of drug-likeness (QED) is 0.192. The Balaban J connectivity index is 1.25. The van der Waals surface area contributed by atoms with Crippen molar-refractivity contribution in [3.05, 3.63) is 144 Å². The molecule has 250 valence electrons. The third kappa shape index (κ3) is 5.41. The van der Waals surface area contributed by atoms with E-state index in [1.165, 1.54) is 16.7 Å². The summed E-state index contributed by atoms with van der Waals surface area (Å²) >= 11 is 0. The van der Waals surface area contributed by atoms with Crippen molar-refractivity contribution in [2.45, 2.75) is 52.4 Å². The lowest BCUT2D eigenvalue weighted by atomic mass is 9.88. The van der Waals surface area contributed by atoms with Gasteiger partial charge in [0.05, 0.1) is 11.4 Å². The summed E-state index contributed by atoms with van der Waals surface area (Å²) in [5, 5.41) is 13.0. The lowest BCUT2D eigenvalue weighted by Gasteiger charge is -2.20. The molecule has 3 heterocycles. The molecule has 5 heteroatoms. The normalized spacial score (nSPS) is 12.6. The summed E-state index contributed by atoms with van der Waals surface area (Å²) in [4.78, 5) is 10.5. The van der Waals surface area contributed by atoms with Gasteiger partial charge < -0.3 is 9.52 Å². The number of pyridine rings is 1. The molecule has 0 saturated heterocycles. The maximum Gasteiger partial charge on any atom is 0.145 e. The van der Waals surface area contributed by atoms with Crippen LogP contribution >= 0.6 is 0 Å². The summed E-state index contributed by atoms with van der Waals surface area (Å²) in [6, 6.07) is 40.1. The largest absolute Gasteiger partial charge is 0.507 e. The van der Waals surface area contributed by atoms with Crippen LogP contribution in [0.25, 0.3) is 72.8 Å². The highest BCUT2D eigenvalue weighted by Gasteiger charge is 2.23. The molecule has 3 aromatic heterocycles. The molecule has 0 spiro atoms. The van der Waals surface area contributed by atoms with Gasteiger partial charge in [0, 0.05) is 33.8 Å². The van der Waals surface area contributed by atoms with E-state index in [0.717, 1.165) is 91.2 Å². The van der Waals surface area contributed by atoms with Crippen LogP contribution in [0.5, 0.6) is 5.75 Å². The number of imidazole rings is 1. The maximum atomic E-state index is 10.9. The van der Waals surface area contributed by atoms with Crippen molar-refractivity contribution in [1.29, 1.82) is 0 Å². The van der Waals surface area contributed by atoms with Gasteiger partial charge in [-0.1, -0.05) is 88.4 Å². The van der Waals surface area contributed by atoms with Gasteiger partial charge in [-0.15, -0.1) is 0 Å². The molecule has 51 heavy (non-hydrogen) atoms. The molecule has 1 aliphatic rings. The zero-order valence-electron chi connectivity index (χ0n) is 29.3. The molecule has 0 atom stereocenters. The van der Waals surface area contributed by atoms with Crippen LogP contribution in [0.3, 0.4) is 0 Å². The van der Waals surface area contributed by atoms with E-state index in [2.05, 4.69) is 136 Å². The Hall–Kier alpha value is -5.94. The number of hydrogen-bond donors (Lipinski definition) is 1. The first kappa shape index (κ1) is 31.1.